The number of benzene rings is 1. The molecule has 3 aromatic heterocycles. The van der Waals surface area contributed by atoms with Gasteiger partial charge in [-0.3, -0.25) is 4.90 Å². The maximum Gasteiger partial charge on any atom is 0.180 e. The van der Waals surface area contributed by atoms with E-state index in [2.05, 4.69) is 72.4 Å². The monoisotopic (exact) mass is 510 g/mol. The topological polar surface area (TPSA) is 94.2 Å². The molecular weight excluding hydrogens is 484 g/mol. The van der Waals surface area contributed by atoms with E-state index in [1.807, 2.05) is 12.1 Å². The molecule has 8 nitrogen and oxygen atoms in total. The fourth-order valence-corrected chi connectivity index (χ4v) is 4.61. The fraction of sp³-hybridized carbons (Fsp3) is 0.333. The molecule has 4 heterocycles. The Hall–Kier alpha value is -2.88. The number of nitrogen functional groups attached to an aromatic ring is 1. The highest BCUT2D eigenvalue weighted by Gasteiger charge is 2.18. The van der Waals surface area contributed by atoms with Crippen molar-refractivity contribution in [3.63, 3.8) is 0 Å². The minimum Gasteiger partial charge on any atom is -0.492 e. The number of hydrogen-bond donors (Lipinski definition) is 2. The van der Waals surface area contributed by atoms with Gasteiger partial charge in [-0.05, 0) is 48.0 Å². The smallest absolute Gasteiger partial charge is 0.180 e. The lowest BCUT2D eigenvalue weighted by Crippen LogP contribution is -2.38. The third-order valence-electron chi connectivity index (χ3n) is 6.05. The van der Waals surface area contributed by atoms with E-state index < -0.39 is 0 Å². The third kappa shape index (κ3) is 4.36. The number of nitrogens with zero attached hydrogens (tertiary/aromatic N) is 4. The molecule has 1 saturated heterocycles. The first-order valence-corrected chi connectivity index (χ1v) is 11.8. The molecule has 33 heavy (non-hydrogen) atoms. The highest BCUT2D eigenvalue weighted by atomic mass is 79.9. The predicted octanol–water partition coefficient (Wildman–Crippen LogP) is 4.09. The molecule has 0 unspecified atom stereocenters. The number of nitrogens with two attached hydrogens (primary N) is 1. The number of aromatic nitrogens is 4. The maximum absolute atomic E-state index is 6.19. The number of aryl methyl sites for hydroxylation is 1. The number of pyridine rings is 1. The first-order chi connectivity index (χ1) is 16.0. The van der Waals surface area contributed by atoms with Crippen molar-refractivity contribution >= 4 is 32.8 Å². The first kappa shape index (κ1) is 21.9. The van der Waals surface area contributed by atoms with Gasteiger partial charge in [0.05, 0.1) is 23.4 Å². The van der Waals surface area contributed by atoms with E-state index in [4.69, 9.17) is 15.2 Å². The second-order valence-corrected chi connectivity index (χ2v) is 9.08. The van der Waals surface area contributed by atoms with Gasteiger partial charge in [0.15, 0.2) is 5.65 Å². The van der Waals surface area contributed by atoms with E-state index in [9.17, 15) is 0 Å². The van der Waals surface area contributed by atoms with E-state index in [0.29, 0.717) is 17.9 Å². The molecule has 1 aliphatic heterocycles. The van der Waals surface area contributed by atoms with Gasteiger partial charge in [0, 0.05) is 54.5 Å². The van der Waals surface area contributed by atoms with Gasteiger partial charge in [-0.15, -0.1) is 0 Å². The number of anilines is 1. The van der Waals surface area contributed by atoms with Gasteiger partial charge >= 0.3 is 0 Å². The maximum atomic E-state index is 6.19. The summed E-state index contributed by atoms with van der Waals surface area (Å²) in [7, 11) is 0. The van der Waals surface area contributed by atoms with Gasteiger partial charge in [-0.25, -0.2) is 9.97 Å². The Kier molecular flexibility index (Phi) is 6.09. The first-order valence-electron chi connectivity index (χ1n) is 11.0. The number of hydrogen-bond acceptors (Lipinski definition) is 6. The molecule has 5 rings (SSSR count). The van der Waals surface area contributed by atoms with Crippen molar-refractivity contribution in [2.24, 2.45) is 0 Å². The normalized spacial score (nSPS) is 14.8. The molecule has 0 saturated carbocycles. The van der Waals surface area contributed by atoms with Gasteiger partial charge in [0.2, 0.25) is 0 Å². The van der Waals surface area contributed by atoms with Crippen LogP contribution in [0.5, 0.6) is 5.75 Å². The summed E-state index contributed by atoms with van der Waals surface area (Å²) in [6.07, 6.45) is 1.68. The fourth-order valence-electron chi connectivity index (χ4n) is 4.31. The van der Waals surface area contributed by atoms with Gasteiger partial charge < -0.3 is 24.8 Å². The minimum absolute atomic E-state index is 0.603. The van der Waals surface area contributed by atoms with Gasteiger partial charge in [0.25, 0.3) is 0 Å². The Balaban J connectivity index is 1.39. The molecule has 0 spiro atoms. The van der Waals surface area contributed by atoms with Crippen LogP contribution in [0.4, 0.5) is 5.69 Å². The molecule has 172 valence electrons. The number of nitrogens with one attached hydrogen (secondary N) is 1. The van der Waals surface area contributed by atoms with E-state index in [0.717, 1.165) is 77.1 Å². The second-order valence-electron chi connectivity index (χ2n) is 8.22. The number of rotatable bonds is 6. The Morgan fingerprint density at radius 3 is 2.85 bits per heavy atom. The van der Waals surface area contributed by atoms with Crippen molar-refractivity contribution in [3.05, 3.63) is 52.4 Å². The lowest BCUT2D eigenvalue weighted by molar-refractivity contribution is 0.0322. The summed E-state index contributed by atoms with van der Waals surface area (Å²) in [5, 5.41) is 0. The summed E-state index contributed by atoms with van der Waals surface area (Å²) >= 11 is 3.43. The Bertz CT molecular complexity index is 1290. The van der Waals surface area contributed by atoms with Crippen LogP contribution in [0.15, 0.2) is 41.0 Å². The zero-order chi connectivity index (χ0) is 22.9. The van der Waals surface area contributed by atoms with Crippen molar-refractivity contribution in [2.75, 3.05) is 45.2 Å². The second kappa shape index (κ2) is 9.17. The number of fused-ring (bicyclic) bond motifs is 1. The molecular formula is C24H27BrN6O2. The van der Waals surface area contributed by atoms with Crippen LogP contribution < -0.4 is 10.5 Å². The van der Waals surface area contributed by atoms with E-state index in [1.54, 1.807) is 6.20 Å². The van der Waals surface area contributed by atoms with E-state index >= 15 is 0 Å². The molecule has 1 aliphatic rings. The summed E-state index contributed by atoms with van der Waals surface area (Å²) in [4.78, 5) is 14.8. The van der Waals surface area contributed by atoms with E-state index in [1.165, 1.54) is 0 Å². The van der Waals surface area contributed by atoms with Crippen LogP contribution in [0.2, 0.25) is 0 Å². The minimum atomic E-state index is 0.603. The van der Waals surface area contributed by atoms with Gasteiger partial charge in [-0.1, -0.05) is 6.07 Å². The molecule has 1 aromatic carbocycles. The lowest BCUT2D eigenvalue weighted by atomic mass is 10.2. The zero-order valence-corrected chi connectivity index (χ0v) is 20.4. The molecule has 0 amide bonds. The summed E-state index contributed by atoms with van der Waals surface area (Å²) in [6, 6.07) is 10.3. The number of morpholine rings is 1. The van der Waals surface area contributed by atoms with Crippen molar-refractivity contribution in [1.29, 1.82) is 0 Å². The number of imidazole rings is 1. The standard InChI is InChI=1S/C24H27BrN6O2/c1-15-12-19(23-28-22-21(26)20(25)14-27-24(22)29-23)16(2)31(15)17-4-3-5-18(13-17)33-11-8-30-6-9-32-10-7-30/h3-5,12-14H,6-11H2,1-2H3,(H3,26,27,28,29). The van der Waals surface area contributed by atoms with Crippen LogP contribution in [-0.4, -0.2) is 63.9 Å². The van der Waals surface area contributed by atoms with Gasteiger partial charge in [0.1, 0.15) is 23.7 Å². The molecule has 3 N–H and O–H groups in total. The van der Waals surface area contributed by atoms with Crippen LogP contribution >= 0.6 is 15.9 Å². The number of aromatic amines is 1. The van der Waals surface area contributed by atoms with Crippen LogP contribution in [0, 0.1) is 13.8 Å². The number of halogens is 1. The molecule has 0 radical (unpaired) electrons. The molecule has 9 heteroatoms. The zero-order valence-electron chi connectivity index (χ0n) is 18.8. The largest absolute Gasteiger partial charge is 0.492 e. The van der Waals surface area contributed by atoms with Crippen LogP contribution in [0.3, 0.4) is 0 Å². The Morgan fingerprint density at radius 2 is 2.03 bits per heavy atom. The average Bonchev–Trinajstić information content (AvgIpc) is 3.38. The van der Waals surface area contributed by atoms with Gasteiger partial charge in [-0.2, -0.15) is 0 Å². The van der Waals surface area contributed by atoms with Crippen LogP contribution in [0.1, 0.15) is 11.4 Å². The predicted molar refractivity (Wildman–Crippen MR) is 133 cm³/mol. The number of H-pyrrole nitrogens is 1. The molecule has 4 aromatic rings. The summed E-state index contributed by atoms with van der Waals surface area (Å²) in [5.74, 6) is 1.61. The SMILES string of the molecule is Cc1cc(-c2nc3ncc(Br)c(N)c3[nH]2)c(C)n1-c1cccc(OCCN2CCOCC2)c1. The van der Waals surface area contributed by atoms with Crippen molar-refractivity contribution in [1.82, 2.24) is 24.4 Å². The van der Waals surface area contributed by atoms with E-state index in [-0.39, 0.29) is 0 Å². The lowest BCUT2D eigenvalue weighted by Gasteiger charge is -2.26. The molecule has 0 atom stereocenters. The van der Waals surface area contributed by atoms with Crippen molar-refractivity contribution in [2.45, 2.75) is 13.8 Å². The molecule has 0 bridgehead atoms. The van der Waals surface area contributed by atoms with Crippen molar-refractivity contribution < 1.29 is 9.47 Å². The Labute approximate surface area is 200 Å². The number of ether oxygens (including phenoxy) is 2. The highest BCUT2D eigenvalue weighted by Crippen LogP contribution is 2.32. The van der Waals surface area contributed by atoms with Crippen LogP contribution in [-0.2, 0) is 4.74 Å². The summed E-state index contributed by atoms with van der Waals surface area (Å²) in [6.45, 7) is 9.27. The molecule has 0 aliphatic carbocycles. The van der Waals surface area contributed by atoms with Crippen LogP contribution in [0.25, 0.3) is 28.2 Å². The Morgan fingerprint density at radius 1 is 1.21 bits per heavy atom. The summed E-state index contributed by atoms with van der Waals surface area (Å²) < 4.78 is 14.4. The average molecular weight is 511 g/mol. The van der Waals surface area contributed by atoms with Crippen molar-refractivity contribution in [3.8, 4) is 22.8 Å². The highest BCUT2D eigenvalue weighted by molar-refractivity contribution is 9.10. The molecule has 1 fully saturated rings. The summed E-state index contributed by atoms with van der Waals surface area (Å²) in [5.41, 5.74) is 12.4. The third-order valence-corrected chi connectivity index (χ3v) is 6.69. The quantitative estimate of drug-likeness (QED) is 0.405.